The maximum absolute atomic E-state index is 11.8. The lowest BCUT2D eigenvalue weighted by Crippen LogP contribution is -2.36. The highest BCUT2D eigenvalue weighted by Crippen LogP contribution is 2.18. The van der Waals surface area contributed by atoms with Crippen LogP contribution in [-0.4, -0.2) is 55.1 Å². The third-order valence-electron chi connectivity index (χ3n) is 3.65. The molecule has 0 aliphatic carbocycles. The van der Waals surface area contributed by atoms with E-state index in [-0.39, 0.29) is 24.0 Å². The number of hydrogen-bond acceptors (Lipinski definition) is 4. The van der Waals surface area contributed by atoms with E-state index in [9.17, 15) is 9.59 Å². The Morgan fingerprint density at radius 3 is 2.55 bits per heavy atom. The maximum Gasteiger partial charge on any atom is 0.249 e. The van der Waals surface area contributed by atoms with Gasteiger partial charge in [0.25, 0.3) is 0 Å². The van der Waals surface area contributed by atoms with Crippen molar-refractivity contribution in [1.82, 2.24) is 10.2 Å². The van der Waals surface area contributed by atoms with Gasteiger partial charge in [-0.15, -0.1) is 0 Å². The predicted octanol–water partition coefficient (Wildman–Crippen LogP) is 0.258. The number of nitrogens with one attached hydrogen (secondary N) is 1. The summed E-state index contributed by atoms with van der Waals surface area (Å²) in [7, 11) is 0. The average Bonchev–Trinajstić information content (AvgIpc) is 2.93. The number of nitrogens with zero attached hydrogens (tertiary/aromatic N) is 1. The van der Waals surface area contributed by atoms with Gasteiger partial charge in [0.15, 0.2) is 0 Å². The normalized spacial score (nSPS) is 21.8. The van der Waals surface area contributed by atoms with Gasteiger partial charge in [0.05, 0.1) is 6.10 Å². The summed E-state index contributed by atoms with van der Waals surface area (Å²) in [5.74, 6) is 0.0563. The quantitative estimate of drug-likeness (QED) is 0.626. The van der Waals surface area contributed by atoms with Crippen molar-refractivity contribution in [2.75, 3.05) is 26.2 Å². The largest absolute Gasteiger partial charge is 0.364 e. The first-order chi connectivity index (χ1) is 9.62. The third kappa shape index (κ3) is 5.09. The first kappa shape index (κ1) is 16.9. The van der Waals surface area contributed by atoms with E-state index in [4.69, 9.17) is 10.5 Å². The smallest absolute Gasteiger partial charge is 0.249 e. The molecule has 0 saturated carbocycles. The van der Waals surface area contributed by atoms with Gasteiger partial charge in [-0.25, -0.2) is 0 Å². The van der Waals surface area contributed by atoms with E-state index in [0.29, 0.717) is 25.9 Å². The highest BCUT2D eigenvalue weighted by molar-refractivity contribution is 5.81. The zero-order chi connectivity index (χ0) is 15.0. The predicted molar refractivity (Wildman–Crippen MR) is 77.1 cm³/mol. The van der Waals surface area contributed by atoms with E-state index in [1.807, 2.05) is 13.8 Å². The molecule has 1 aliphatic heterocycles. The molecule has 1 heterocycles. The molecule has 3 N–H and O–H groups in total. The zero-order valence-electron chi connectivity index (χ0n) is 12.6. The van der Waals surface area contributed by atoms with Crippen LogP contribution in [0, 0.1) is 0 Å². The highest BCUT2D eigenvalue weighted by atomic mass is 16.5. The Kier molecular flexibility index (Phi) is 7.54. The van der Waals surface area contributed by atoms with E-state index in [0.717, 1.165) is 25.9 Å². The molecule has 116 valence electrons. The lowest BCUT2D eigenvalue weighted by molar-refractivity contribution is -0.133. The number of hydrogen-bond donors (Lipinski definition) is 2. The molecule has 6 nitrogen and oxygen atoms in total. The summed E-state index contributed by atoms with van der Waals surface area (Å²) in [5.41, 5.74) is 5.51. The summed E-state index contributed by atoms with van der Waals surface area (Å²) in [6.45, 7) is 6.38. The molecule has 0 bridgehead atoms. The summed E-state index contributed by atoms with van der Waals surface area (Å²) < 4.78 is 5.51. The van der Waals surface area contributed by atoms with Gasteiger partial charge in [-0.1, -0.05) is 0 Å². The summed E-state index contributed by atoms with van der Waals surface area (Å²) in [6.07, 6.45) is 2.34. The van der Waals surface area contributed by atoms with E-state index < -0.39 is 0 Å². The fraction of sp³-hybridized carbons (Fsp3) is 0.857. The van der Waals surface area contributed by atoms with Crippen molar-refractivity contribution in [1.29, 1.82) is 0 Å². The Bertz CT molecular complexity index is 319. The number of carbonyl (C=O) groups excluding carboxylic acids is 2. The van der Waals surface area contributed by atoms with Gasteiger partial charge < -0.3 is 20.7 Å². The van der Waals surface area contributed by atoms with Gasteiger partial charge in [0, 0.05) is 32.6 Å². The molecule has 0 radical (unpaired) electrons. The van der Waals surface area contributed by atoms with Crippen LogP contribution in [0.25, 0.3) is 0 Å². The Hall–Kier alpha value is -1.14. The Balaban J connectivity index is 2.15. The molecule has 0 unspecified atom stereocenters. The van der Waals surface area contributed by atoms with Gasteiger partial charge in [-0.3, -0.25) is 9.59 Å². The van der Waals surface area contributed by atoms with Crippen LogP contribution in [0.2, 0.25) is 0 Å². The summed E-state index contributed by atoms with van der Waals surface area (Å²) in [4.78, 5) is 25.4. The maximum atomic E-state index is 11.8. The van der Waals surface area contributed by atoms with Crippen LogP contribution in [0.5, 0.6) is 0 Å². The van der Waals surface area contributed by atoms with Crippen LogP contribution >= 0.6 is 0 Å². The number of amides is 2. The molecule has 0 aromatic heterocycles. The van der Waals surface area contributed by atoms with Gasteiger partial charge in [-0.2, -0.15) is 0 Å². The fourth-order valence-electron chi connectivity index (χ4n) is 2.37. The molecule has 6 heteroatoms. The van der Waals surface area contributed by atoms with E-state index in [1.165, 1.54) is 0 Å². The minimum absolute atomic E-state index is 0.00925. The summed E-state index contributed by atoms with van der Waals surface area (Å²) in [5, 5.41) is 2.82. The molecule has 0 spiro atoms. The fourth-order valence-corrected chi connectivity index (χ4v) is 2.37. The molecule has 0 aromatic carbocycles. The monoisotopic (exact) mass is 285 g/mol. The Morgan fingerprint density at radius 1 is 1.30 bits per heavy atom. The number of nitrogens with two attached hydrogens (primary N) is 1. The molecular formula is C14H27N3O3. The standard InChI is InChI=1S/C14H27N3O3/c1-3-17(4-2)13(18)6-5-9-16-14(19)12-8-7-11(10-15)20-12/h11-12H,3-10,15H2,1-2H3,(H,16,19)/t11-,12+/m1/s1. The van der Waals surface area contributed by atoms with Crippen LogP contribution in [0.4, 0.5) is 0 Å². The molecule has 1 fully saturated rings. The summed E-state index contributed by atoms with van der Waals surface area (Å²) in [6, 6.07) is 0. The van der Waals surface area contributed by atoms with Gasteiger partial charge >= 0.3 is 0 Å². The average molecular weight is 285 g/mol. The van der Waals surface area contributed by atoms with Crippen LogP contribution < -0.4 is 11.1 Å². The SMILES string of the molecule is CCN(CC)C(=O)CCCNC(=O)[C@@H]1CC[C@H](CN)O1. The van der Waals surface area contributed by atoms with Crippen LogP contribution in [-0.2, 0) is 14.3 Å². The Morgan fingerprint density at radius 2 is 2.00 bits per heavy atom. The number of ether oxygens (including phenoxy) is 1. The minimum atomic E-state index is -0.373. The van der Waals surface area contributed by atoms with E-state index in [2.05, 4.69) is 5.32 Å². The van der Waals surface area contributed by atoms with Gasteiger partial charge in [0.2, 0.25) is 11.8 Å². The second-order valence-corrected chi connectivity index (χ2v) is 5.02. The van der Waals surface area contributed by atoms with E-state index in [1.54, 1.807) is 4.90 Å². The first-order valence-electron chi connectivity index (χ1n) is 7.53. The van der Waals surface area contributed by atoms with Gasteiger partial charge in [0.1, 0.15) is 6.10 Å². The molecule has 1 aliphatic rings. The lowest BCUT2D eigenvalue weighted by atomic mass is 10.2. The topological polar surface area (TPSA) is 84.7 Å². The van der Waals surface area contributed by atoms with Crippen LogP contribution in [0.15, 0.2) is 0 Å². The van der Waals surface area contributed by atoms with Crippen molar-refractivity contribution in [3.8, 4) is 0 Å². The lowest BCUT2D eigenvalue weighted by Gasteiger charge is -2.18. The summed E-state index contributed by atoms with van der Waals surface area (Å²) >= 11 is 0. The molecule has 2 atom stereocenters. The first-order valence-corrected chi connectivity index (χ1v) is 7.53. The molecule has 20 heavy (non-hydrogen) atoms. The molecule has 2 amide bonds. The molecule has 1 rings (SSSR count). The van der Waals surface area contributed by atoms with Crippen LogP contribution in [0.1, 0.15) is 39.5 Å². The van der Waals surface area contributed by atoms with Crippen molar-refractivity contribution < 1.29 is 14.3 Å². The van der Waals surface area contributed by atoms with Crippen molar-refractivity contribution in [3.63, 3.8) is 0 Å². The van der Waals surface area contributed by atoms with E-state index >= 15 is 0 Å². The molecule has 0 aromatic rings. The second kappa shape index (κ2) is 8.92. The van der Waals surface area contributed by atoms with Gasteiger partial charge in [-0.05, 0) is 33.1 Å². The van der Waals surface area contributed by atoms with Crippen molar-refractivity contribution >= 4 is 11.8 Å². The highest BCUT2D eigenvalue weighted by Gasteiger charge is 2.29. The molecular weight excluding hydrogens is 258 g/mol. The van der Waals surface area contributed by atoms with Crippen molar-refractivity contribution in [2.45, 2.75) is 51.7 Å². The third-order valence-corrected chi connectivity index (χ3v) is 3.65. The number of rotatable bonds is 8. The van der Waals surface area contributed by atoms with Crippen molar-refractivity contribution in [3.05, 3.63) is 0 Å². The minimum Gasteiger partial charge on any atom is -0.364 e. The van der Waals surface area contributed by atoms with Crippen LogP contribution in [0.3, 0.4) is 0 Å². The van der Waals surface area contributed by atoms with Crippen molar-refractivity contribution in [2.24, 2.45) is 5.73 Å². The second-order valence-electron chi connectivity index (χ2n) is 5.02. The zero-order valence-corrected chi connectivity index (χ0v) is 12.6. The number of carbonyl (C=O) groups is 2. The Labute approximate surface area is 121 Å². The molecule has 1 saturated heterocycles.